The number of benzene rings is 2. The molecule has 198 valence electrons. The zero-order valence-corrected chi connectivity index (χ0v) is 23.6. The molecule has 1 fully saturated rings. The third kappa shape index (κ3) is 7.76. The number of nitrogens with zero attached hydrogens (tertiary/aromatic N) is 1. The van der Waals surface area contributed by atoms with Crippen molar-refractivity contribution in [3.8, 4) is 17.2 Å². The van der Waals surface area contributed by atoms with E-state index < -0.39 is 9.71 Å². The van der Waals surface area contributed by atoms with Crippen molar-refractivity contribution in [2.75, 3.05) is 37.8 Å². The van der Waals surface area contributed by atoms with E-state index in [0.717, 1.165) is 37.2 Å². The van der Waals surface area contributed by atoms with Gasteiger partial charge in [0.2, 0.25) is 5.91 Å². The van der Waals surface area contributed by atoms with E-state index in [4.69, 9.17) is 32.7 Å². The first-order valence-electron chi connectivity index (χ1n) is 12.0. The molecule has 7 nitrogen and oxygen atoms in total. The van der Waals surface area contributed by atoms with Crippen molar-refractivity contribution in [1.82, 2.24) is 9.62 Å². The highest BCUT2D eigenvalue weighted by Crippen LogP contribution is 2.40. The number of carbonyl (C=O) groups excluding carboxylic acids is 1. The first-order chi connectivity index (χ1) is 17.0. The van der Waals surface area contributed by atoms with E-state index in [0.29, 0.717) is 33.0 Å². The Morgan fingerprint density at radius 2 is 1.83 bits per heavy atom. The van der Waals surface area contributed by atoms with E-state index in [1.807, 2.05) is 19.1 Å². The molecule has 0 spiro atoms. The molecule has 0 aromatic heterocycles. The average molecular weight is 557 g/mol. The maximum atomic E-state index is 12.6. The van der Waals surface area contributed by atoms with E-state index in [9.17, 15) is 9.00 Å². The molecule has 1 unspecified atom stereocenters. The van der Waals surface area contributed by atoms with Gasteiger partial charge in [-0.25, -0.2) is 4.72 Å². The molecule has 1 aliphatic heterocycles. The quantitative estimate of drug-likeness (QED) is 0.375. The Morgan fingerprint density at radius 1 is 1.19 bits per heavy atom. The number of amides is 1. The van der Waals surface area contributed by atoms with E-state index >= 15 is 0 Å². The number of ether oxygens (including phenoxy) is 2. The van der Waals surface area contributed by atoms with Crippen LogP contribution in [-0.4, -0.2) is 59.4 Å². The SMILES string of the molecule is C=S(=O)(CC)NC1CCN(CC(=O)Nc2cc(Cl)c(Oc3ccc(OC)c(C(C)C)c3)c(Cl)c2)CC1. The Balaban J connectivity index is 1.59. The fraction of sp³-hybridized carbons (Fsp3) is 0.462. The second kappa shape index (κ2) is 12.5. The first-order valence-corrected chi connectivity index (χ1v) is 14.7. The number of carbonyl (C=O) groups is 1. The van der Waals surface area contributed by atoms with Crippen LogP contribution in [0.3, 0.4) is 0 Å². The molecule has 1 heterocycles. The summed E-state index contributed by atoms with van der Waals surface area (Å²) in [5.74, 6) is 6.05. The van der Waals surface area contributed by atoms with Crippen LogP contribution in [0.15, 0.2) is 30.3 Å². The Bertz CT molecular complexity index is 1160. The summed E-state index contributed by atoms with van der Waals surface area (Å²) >= 11 is 12.9. The average Bonchev–Trinajstić information content (AvgIpc) is 2.82. The van der Waals surface area contributed by atoms with Gasteiger partial charge in [0.1, 0.15) is 11.5 Å². The molecular weight excluding hydrogens is 521 g/mol. The standard InChI is InChI=1S/C26H35Cl2N3O4S/c1-6-36(5,33)30-18-9-11-31(12-10-18)16-25(32)29-19-13-22(27)26(23(28)14-19)35-20-7-8-24(34-4)21(15-20)17(2)3/h7-8,13-15,17-18H,5-6,9-12,16H2,1-4H3,(H,29,32)(H,30,33). The van der Waals surface area contributed by atoms with Crippen LogP contribution >= 0.6 is 23.2 Å². The summed E-state index contributed by atoms with van der Waals surface area (Å²) in [6.07, 6.45) is 1.63. The molecule has 2 aromatic carbocycles. The summed E-state index contributed by atoms with van der Waals surface area (Å²) in [7, 11) is -0.594. The maximum Gasteiger partial charge on any atom is 0.238 e. The minimum absolute atomic E-state index is 0.154. The number of halogens is 2. The van der Waals surface area contributed by atoms with Crippen LogP contribution in [0.2, 0.25) is 10.0 Å². The smallest absolute Gasteiger partial charge is 0.238 e. The van der Waals surface area contributed by atoms with Crippen LogP contribution in [0.4, 0.5) is 5.69 Å². The maximum absolute atomic E-state index is 12.6. The molecule has 1 atom stereocenters. The number of likely N-dealkylation sites (tertiary alicyclic amines) is 1. The topological polar surface area (TPSA) is 79.9 Å². The van der Waals surface area contributed by atoms with Gasteiger partial charge in [0.15, 0.2) is 5.75 Å². The lowest BCUT2D eigenvalue weighted by Crippen LogP contribution is -2.46. The normalized spacial score (nSPS) is 16.5. The van der Waals surface area contributed by atoms with Crippen LogP contribution in [0.5, 0.6) is 17.2 Å². The third-order valence-corrected chi connectivity index (χ3v) is 8.38. The highest BCUT2D eigenvalue weighted by Gasteiger charge is 2.23. The van der Waals surface area contributed by atoms with Crippen molar-refractivity contribution >= 4 is 50.4 Å². The molecule has 0 bridgehead atoms. The fourth-order valence-electron chi connectivity index (χ4n) is 4.07. The number of anilines is 1. The van der Waals surface area contributed by atoms with Crippen molar-refractivity contribution < 1.29 is 18.5 Å². The highest BCUT2D eigenvalue weighted by atomic mass is 35.5. The van der Waals surface area contributed by atoms with Crippen LogP contribution in [0, 0.1) is 0 Å². The van der Waals surface area contributed by atoms with E-state index in [1.165, 1.54) is 0 Å². The van der Waals surface area contributed by atoms with Gasteiger partial charge in [0.25, 0.3) is 0 Å². The number of nitrogens with one attached hydrogen (secondary N) is 2. The van der Waals surface area contributed by atoms with Crippen molar-refractivity contribution in [1.29, 1.82) is 0 Å². The lowest BCUT2D eigenvalue weighted by molar-refractivity contribution is -0.117. The van der Waals surface area contributed by atoms with Gasteiger partial charge in [-0.15, -0.1) is 0 Å². The van der Waals surface area contributed by atoms with Crippen LogP contribution in [0.1, 0.15) is 45.1 Å². The Morgan fingerprint density at radius 3 is 2.39 bits per heavy atom. The van der Waals surface area contributed by atoms with Gasteiger partial charge in [-0.2, -0.15) is 0 Å². The van der Waals surface area contributed by atoms with Crippen LogP contribution < -0.4 is 19.5 Å². The van der Waals surface area contributed by atoms with Crippen LogP contribution in [-0.2, 0) is 14.5 Å². The summed E-state index contributed by atoms with van der Waals surface area (Å²) in [6, 6.07) is 8.95. The fourth-order valence-corrected chi connectivity index (χ4v) is 5.65. The Labute approximate surface area is 224 Å². The van der Waals surface area contributed by atoms with Gasteiger partial charge in [0, 0.05) is 45.8 Å². The van der Waals surface area contributed by atoms with Gasteiger partial charge in [-0.1, -0.05) is 44.0 Å². The van der Waals surface area contributed by atoms with E-state index in [2.05, 4.69) is 34.7 Å². The molecule has 2 aromatic rings. The lowest BCUT2D eigenvalue weighted by Gasteiger charge is -2.32. The lowest BCUT2D eigenvalue weighted by atomic mass is 10.0. The molecule has 1 saturated heterocycles. The Hall–Kier alpha value is -1.97. The van der Waals surface area contributed by atoms with Crippen molar-refractivity contribution in [3.63, 3.8) is 0 Å². The molecule has 2 N–H and O–H groups in total. The molecule has 0 radical (unpaired) electrons. The summed E-state index contributed by atoms with van der Waals surface area (Å²) in [5.41, 5.74) is 1.51. The van der Waals surface area contributed by atoms with E-state index in [1.54, 1.807) is 25.3 Å². The van der Waals surface area contributed by atoms with Crippen molar-refractivity contribution in [2.24, 2.45) is 0 Å². The van der Waals surface area contributed by atoms with Crippen LogP contribution in [0.25, 0.3) is 0 Å². The summed E-state index contributed by atoms with van der Waals surface area (Å²) in [5, 5.41) is 3.45. The predicted octanol–water partition coefficient (Wildman–Crippen LogP) is 5.56. The first kappa shape index (κ1) is 28.6. The molecule has 10 heteroatoms. The molecule has 1 amide bonds. The monoisotopic (exact) mass is 555 g/mol. The molecule has 0 saturated carbocycles. The summed E-state index contributed by atoms with van der Waals surface area (Å²) in [6.45, 7) is 7.73. The second-order valence-corrected chi connectivity index (χ2v) is 12.5. The Kier molecular flexibility index (Phi) is 9.94. The van der Waals surface area contributed by atoms with Gasteiger partial charge in [-0.3, -0.25) is 13.9 Å². The summed E-state index contributed by atoms with van der Waals surface area (Å²) < 4.78 is 26.8. The number of rotatable bonds is 10. The van der Waals surface area contributed by atoms with Crippen molar-refractivity contribution in [3.05, 3.63) is 45.9 Å². The largest absolute Gasteiger partial charge is 0.496 e. The molecule has 0 aliphatic carbocycles. The van der Waals surface area contributed by atoms with E-state index in [-0.39, 0.29) is 24.4 Å². The number of hydrogen-bond acceptors (Lipinski definition) is 5. The van der Waals surface area contributed by atoms with Gasteiger partial charge < -0.3 is 14.8 Å². The summed E-state index contributed by atoms with van der Waals surface area (Å²) in [4.78, 5) is 14.7. The predicted molar refractivity (Wildman–Crippen MR) is 151 cm³/mol. The van der Waals surface area contributed by atoms with Gasteiger partial charge in [-0.05, 0) is 55.0 Å². The third-order valence-electron chi connectivity index (χ3n) is 6.13. The molecule has 1 aliphatic rings. The van der Waals surface area contributed by atoms with Gasteiger partial charge >= 0.3 is 0 Å². The number of piperidine rings is 1. The molecule has 3 rings (SSSR count). The zero-order valence-electron chi connectivity index (χ0n) is 21.2. The number of hydrogen-bond donors (Lipinski definition) is 2. The van der Waals surface area contributed by atoms with Gasteiger partial charge in [0.05, 0.1) is 23.7 Å². The number of methoxy groups -OCH3 is 1. The molecule has 36 heavy (non-hydrogen) atoms. The minimum atomic E-state index is -2.23. The van der Waals surface area contributed by atoms with Crippen molar-refractivity contribution in [2.45, 2.75) is 45.6 Å². The second-order valence-electron chi connectivity index (χ2n) is 9.25. The minimum Gasteiger partial charge on any atom is -0.496 e. The zero-order chi connectivity index (χ0) is 26.5. The molecular formula is C26H35Cl2N3O4S. The highest BCUT2D eigenvalue weighted by molar-refractivity contribution is 7.98.